The van der Waals surface area contributed by atoms with Gasteiger partial charge >= 0.3 is 0 Å². The molecule has 0 unspecified atom stereocenters. The van der Waals surface area contributed by atoms with Gasteiger partial charge in [0.2, 0.25) is 0 Å². The van der Waals surface area contributed by atoms with E-state index in [9.17, 15) is 4.79 Å². The summed E-state index contributed by atoms with van der Waals surface area (Å²) in [5.41, 5.74) is 2.74. The van der Waals surface area contributed by atoms with Gasteiger partial charge in [0, 0.05) is 18.8 Å². The number of H-pyrrole nitrogens is 1. The molecule has 22 heavy (non-hydrogen) atoms. The highest BCUT2D eigenvalue weighted by atomic mass is 16.2. The number of para-hydroxylation sites is 2. The van der Waals surface area contributed by atoms with E-state index in [0.29, 0.717) is 23.7 Å². The highest BCUT2D eigenvalue weighted by Crippen LogP contribution is 2.33. The Morgan fingerprint density at radius 2 is 2.18 bits per heavy atom. The van der Waals surface area contributed by atoms with Crippen molar-refractivity contribution < 1.29 is 4.79 Å². The number of aromatic nitrogens is 1. The summed E-state index contributed by atoms with van der Waals surface area (Å²) in [5, 5.41) is 12.4. The Balaban J connectivity index is 1.97. The van der Waals surface area contributed by atoms with Crippen LogP contribution in [0.25, 0.3) is 0 Å². The Kier molecular flexibility index (Phi) is 3.60. The van der Waals surface area contributed by atoms with Crippen LogP contribution in [0.15, 0.2) is 36.5 Å². The molecule has 1 aromatic heterocycles. The number of anilines is 2. The average molecular weight is 294 g/mol. The number of hydrogen-bond donors (Lipinski definition) is 2. The second-order valence-electron chi connectivity index (χ2n) is 5.84. The van der Waals surface area contributed by atoms with Crippen molar-refractivity contribution in [1.82, 2.24) is 4.98 Å². The topological polar surface area (TPSA) is 71.9 Å². The van der Waals surface area contributed by atoms with Crippen molar-refractivity contribution in [2.24, 2.45) is 5.92 Å². The summed E-state index contributed by atoms with van der Waals surface area (Å²) in [4.78, 5) is 17.5. The number of carbonyl (C=O) groups excluding carboxylic acids is 1. The SMILES string of the molecule is CC(C)[C@@H]1CN(C(=O)c2cc(C#N)c[nH]2)c2ccccc2N1. The first-order valence-corrected chi connectivity index (χ1v) is 7.36. The fourth-order valence-electron chi connectivity index (χ4n) is 2.67. The number of hydrogen-bond acceptors (Lipinski definition) is 3. The predicted octanol–water partition coefficient (Wildman–Crippen LogP) is 2.98. The summed E-state index contributed by atoms with van der Waals surface area (Å²) in [5.74, 6) is 0.295. The minimum Gasteiger partial charge on any atom is -0.379 e. The van der Waals surface area contributed by atoms with E-state index in [-0.39, 0.29) is 11.9 Å². The van der Waals surface area contributed by atoms with Crippen LogP contribution in [-0.2, 0) is 0 Å². The summed E-state index contributed by atoms with van der Waals surface area (Å²) in [6.45, 7) is 4.88. The lowest BCUT2D eigenvalue weighted by molar-refractivity contribution is 0.0979. The molecule has 0 aliphatic carbocycles. The molecule has 5 heteroatoms. The molecule has 3 rings (SSSR count). The van der Waals surface area contributed by atoms with Gasteiger partial charge in [-0.15, -0.1) is 0 Å². The molecule has 2 heterocycles. The van der Waals surface area contributed by atoms with E-state index in [1.165, 1.54) is 0 Å². The number of amides is 1. The maximum atomic E-state index is 12.8. The van der Waals surface area contributed by atoms with E-state index >= 15 is 0 Å². The predicted molar refractivity (Wildman–Crippen MR) is 85.9 cm³/mol. The summed E-state index contributed by atoms with van der Waals surface area (Å²) in [6, 6.07) is 11.6. The number of benzene rings is 1. The number of fused-ring (bicyclic) bond motifs is 1. The molecule has 1 aliphatic rings. The zero-order valence-electron chi connectivity index (χ0n) is 12.6. The molecule has 0 spiro atoms. The fourth-order valence-corrected chi connectivity index (χ4v) is 2.67. The second kappa shape index (κ2) is 5.57. The highest BCUT2D eigenvalue weighted by Gasteiger charge is 2.30. The van der Waals surface area contributed by atoms with Crippen LogP contribution < -0.4 is 10.2 Å². The van der Waals surface area contributed by atoms with Gasteiger partial charge in [0.15, 0.2) is 0 Å². The molecule has 0 fully saturated rings. The van der Waals surface area contributed by atoms with Crippen molar-refractivity contribution >= 4 is 17.3 Å². The van der Waals surface area contributed by atoms with E-state index < -0.39 is 0 Å². The Bertz CT molecular complexity index is 741. The van der Waals surface area contributed by atoms with Gasteiger partial charge < -0.3 is 15.2 Å². The number of nitriles is 1. The van der Waals surface area contributed by atoms with Gasteiger partial charge in [-0.1, -0.05) is 26.0 Å². The van der Waals surface area contributed by atoms with E-state index in [1.54, 1.807) is 17.2 Å². The molecule has 1 atom stereocenters. The first-order chi connectivity index (χ1) is 10.6. The maximum absolute atomic E-state index is 12.8. The standard InChI is InChI=1S/C17H18N4O/c1-11(2)15-10-21(16-6-4-3-5-13(16)20-15)17(22)14-7-12(8-18)9-19-14/h3-7,9,11,15,19-20H,10H2,1-2H3/t15-/m0/s1. The van der Waals surface area contributed by atoms with Gasteiger partial charge in [0.25, 0.3) is 5.91 Å². The minimum absolute atomic E-state index is 0.110. The molecule has 112 valence electrons. The normalized spacial score (nSPS) is 16.8. The molecule has 0 radical (unpaired) electrons. The van der Waals surface area contributed by atoms with Crippen LogP contribution in [-0.4, -0.2) is 23.5 Å². The van der Waals surface area contributed by atoms with Gasteiger partial charge in [-0.3, -0.25) is 4.79 Å². The smallest absolute Gasteiger partial charge is 0.274 e. The molecule has 0 saturated heterocycles. The Labute approximate surface area is 129 Å². The van der Waals surface area contributed by atoms with E-state index in [0.717, 1.165) is 11.4 Å². The van der Waals surface area contributed by atoms with Crippen LogP contribution in [0.4, 0.5) is 11.4 Å². The number of rotatable bonds is 2. The minimum atomic E-state index is -0.110. The Morgan fingerprint density at radius 3 is 2.86 bits per heavy atom. The van der Waals surface area contributed by atoms with Crippen molar-refractivity contribution in [2.75, 3.05) is 16.8 Å². The zero-order chi connectivity index (χ0) is 15.7. The largest absolute Gasteiger partial charge is 0.379 e. The van der Waals surface area contributed by atoms with E-state index in [1.807, 2.05) is 30.3 Å². The molecule has 5 nitrogen and oxygen atoms in total. The van der Waals surface area contributed by atoms with Crippen LogP contribution >= 0.6 is 0 Å². The third-order valence-electron chi connectivity index (χ3n) is 4.01. The third kappa shape index (κ3) is 2.44. The van der Waals surface area contributed by atoms with Crippen molar-refractivity contribution in [3.05, 3.63) is 47.8 Å². The van der Waals surface area contributed by atoms with Gasteiger partial charge in [-0.25, -0.2) is 0 Å². The zero-order valence-corrected chi connectivity index (χ0v) is 12.6. The third-order valence-corrected chi connectivity index (χ3v) is 4.01. The Hall–Kier alpha value is -2.74. The molecule has 0 saturated carbocycles. The highest BCUT2D eigenvalue weighted by molar-refractivity contribution is 6.07. The molecular weight excluding hydrogens is 276 g/mol. The fraction of sp³-hybridized carbons (Fsp3) is 0.294. The monoisotopic (exact) mass is 294 g/mol. The molecule has 2 aromatic rings. The number of nitrogens with zero attached hydrogens (tertiary/aromatic N) is 2. The first-order valence-electron chi connectivity index (χ1n) is 7.36. The van der Waals surface area contributed by atoms with Crippen molar-refractivity contribution in [1.29, 1.82) is 5.26 Å². The summed E-state index contributed by atoms with van der Waals surface area (Å²) in [7, 11) is 0. The average Bonchev–Trinajstić information content (AvgIpc) is 3.02. The van der Waals surface area contributed by atoms with Crippen LogP contribution in [0.5, 0.6) is 0 Å². The lowest BCUT2D eigenvalue weighted by Gasteiger charge is -2.37. The van der Waals surface area contributed by atoms with E-state index in [2.05, 4.69) is 24.1 Å². The van der Waals surface area contributed by atoms with Crippen molar-refractivity contribution in [3.8, 4) is 6.07 Å². The van der Waals surface area contributed by atoms with Gasteiger partial charge in [-0.05, 0) is 24.1 Å². The van der Waals surface area contributed by atoms with Crippen LogP contribution in [0.3, 0.4) is 0 Å². The molecule has 1 amide bonds. The van der Waals surface area contributed by atoms with Crippen LogP contribution in [0.2, 0.25) is 0 Å². The number of carbonyl (C=O) groups is 1. The molecule has 1 aromatic carbocycles. The van der Waals surface area contributed by atoms with E-state index in [4.69, 9.17) is 5.26 Å². The van der Waals surface area contributed by atoms with Crippen molar-refractivity contribution in [3.63, 3.8) is 0 Å². The summed E-state index contributed by atoms with van der Waals surface area (Å²) < 4.78 is 0. The van der Waals surface area contributed by atoms with Crippen LogP contribution in [0, 0.1) is 17.2 Å². The van der Waals surface area contributed by atoms with Gasteiger partial charge in [-0.2, -0.15) is 5.26 Å². The van der Waals surface area contributed by atoms with Gasteiger partial charge in [0.1, 0.15) is 11.8 Å². The van der Waals surface area contributed by atoms with Crippen LogP contribution in [0.1, 0.15) is 29.9 Å². The lowest BCUT2D eigenvalue weighted by Crippen LogP contribution is -2.47. The summed E-state index contributed by atoms with van der Waals surface area (Å²) >= 11 is 0. The molecule has 2 N–H and O–H groups in total. The maximum Gasteiger partial charge on any atom is 0.274 e. The number of nitrogens with one attached hydrogen (secondary N) is 2. The Morgan fingerprint density at radius 1 is 1.41 bits per heavy atom. The summed E-state index contributed by atoms with van der Waals surface area (Å²) in [6.07, 6.45) is 1.56. The number of aromatic amines is 1. The second-order valence-corrected chi connectivity index (χ2v) is 5.84. The van der Waals surface area contributed by atoms with Crippen molar-refractivity contribution in [2.45, 2.75) is 19.9 Å². The molecule has 1 aliphatic heterocycles. The quantitative estimate of drug-likeness (QED) is 0.894. The first kappa shape index (κ1) is 14.2. The molecule has 0 bridgehead atoms. The van der Waals surface area contributed by atoms with Gasteiger partial charge in [0.05, 0.1) is 16.9 Å². The lowest BCUT2D eigenvalue weighted by atomic mass is 9.99. The molecular formula is C17H18N4O.